The molecule has 1 unspecified atom stereocenters. The fourth-order valence-electron chi connectivity index (χ4n) is 5.13. The summed E-state index contributed by atoms with van der Waals surface area (Å²) < 4.78 is 79.7. The summed E-state index contributed by atoms with van der Waals surface area (Å²) in [6, 6.07) is 5.61. The van der Waals surface area contributed by atoms with E-state index in [9.17, 15) is 40.7 Å². The van der Waals surface area contributed by atoms with Crippen molar-refractivity contribution in [2.45, 2.75) is 38.0 Å². The average molecular weight is 646 g/mol. The van der Waals surface area contributed by atoms with E-state index in [4.69, 9.17) is 5.11 Å². The van der Waals surface area contributed by atoms with Gasteiger partial charge in [-0.1, -0.05) is 12.1 Å². The molecule has 0 bridgehead atoms. The maximum atomic E-state index is 13.8. The molecular weight excluding hydrogens is 612 g/mol. The van der Waals surface area contributed by atoms with Gasteiger partial charge in [-0.3, -0.25) is 9.59 Å². The second kappa shape index (κ2) is 14.2. The van der Waals surface area contributed by atoms with Crippen LogP contribution >= 0.6 is 0 Å². The van der Waals surface area contributed by atoms with Gasteiger partial charge in [0.2, 0.25) is 11.7 Å². The molecule has 17 heteroatoms. The molecule has 0 spiro atoms. The van der Waals surface area contributed by atoms with E-state index in [-0.39, 0.29) is 69.8 Å². The fourth-order valence-corrected chi connectivity index (χ4v) is 5.13. The molecule has 2 saturated heterocycles. The molecule has 3 N–H and O–H groups in total. The number of carboxylic acid groups (broad SMARTS) is 1. The van der Waals surface area contributed by atoms with Crippen LogP contribution in [0.15, 0.2) is 30.3 Å². The van der Waals surface area contributed by atoms with Gasteiger partial charge >= 0.3 is 24.4 Å². The number of piperazine rings is 1. The molecule has 2 fully saturated rings. The van der Waals surface area contributed by atoms with Crippen LogP contribution in [0.1, 0.15) is 36.2 Å². The van der Waals surface area contributed by atoms with Crippen LogP contribution in [-0.4, -0.2) is 90.2 Å². The second-order valence-corrected chi connectivity index (χ2v) is 10.8. The lowest BCUT2D eigenvalue weighted by Gasteiger charge is -2.37. The molecule has 246 valence electrons. The summed E-state index contributed by atoms with van der Waals surface area (Å²) in [5, 5.41) is 14.0. The van der Waals surface area contributed by atoms with Crippen molar-refractivity contribution in [3.63, 3.8) is 0 Å². The predicted molar refractivity (Wildman–Crippen MR) is 150 cm³/mol. The molecule has 1 aromatic heterocycles. The molecule has 4 rings (SSSR count). The van der Waals surface area contributed by atoms with Gasteiger partial charge in [0.15, 0.2) is 0 Å². The molecule has 11 nitrogen and oxygen atoms in total. The van der Waals surface area contributed by atoms with Gasteiger partial charge in [0.25, 0.3) is 0 Å². The van der Waals surface area contributed by atoms with E-state index < -0.39 is 41.7 Å². The number of nitrogens with one attached hydrogen (secondary N) is 2. The van der Waals surface area contributed by atoms with Crippen molar-refractivity contribution in [2.75, 3.05) is 62.2 Å². The van der Waals surface area contributed by atoms with E-state index >= 15 is 0 Å². The van der Waals surface area contributed by atoms with Crippen molar-refractivity contribution in [2.24, 2.45) is 5.92 Å². The fraction of sp³-hybridized carbons (Fsp3) is 0.536. The quantitative estimate of drug-likeness (QED) is 0.354. The number of aromatic nitrogens is 2. The number of aliphatic carboxylic acids is 1. The zero-order valence-electron chi connectivity index (χ0n) is 24.1. The summed E-state index contributed by atoms with van der Waals surface area (Å²) in [5.74, 6) is -3.19. The summed E-state index contributed by atoms with van der Waals surface area (Å²) in [6.07, 6.45) is -8.18. The molecule has 1 atom stereocenters. The van der Waals surface area contributed by atoms with Crippen LogP contribution in [0.2, 0.25) is 0 Å². The Balaban J connectivity index is 1.37. The Hall–Kier alpha value is -4.31. The molecule has 0 aliphatic carbocycles. The van der Waals surface area contributed by atoms with E-state index in [0.29, 0.717) is 31.4 Å². The Morgan fingerprint density at radius 1 is 0.844 bits per heavy atom. The topological polar surface area (TPSA) is 131 Å². The first kappa shape index (κ1) is 33.6. The maximum absolute atomic E-state index is 13.8. The van der Waals surface area contributed by atoms with Gasteiger partial charge in [-0.05, 0) is 37.0 Å². The van der Waals surface area contributed by atoms with Crippen molar-refractivity contribution < 1.29 is 45.8 Å². The number of urea groups is 1. The lowest BCUT2D eigenvalue weighted by atomic mass is 9.97. The highest BCUT2D eigenvalue weighted by Gasteiger charge is 2.37. The van der Waals surface area contributed by atoms with Gasteiger partial charge in [0.1, 0.15) is 11.6 Å². The third-order valence-corrected chi connectivity index (χ3v) is 7.57. The summed E-state index contributed by atoms with van der Waals surface area (Å²) in [4.78, 5) is 48.0. The first-order chi connectivity index (χ1) is 21.2. The Bertz CT molecular complexity index is 1350. The minimum Gasteiger partial charge on any atom is -0.481 e. The van der Waals surface area contributed by atoms with Gasteiger partial charge in [0.05, 0.1) is 17.9 Å². The van der Waals surface area contributed by atoms with E-state index in [0.717, 1.165) is 12.1 Å². The summed E-state index contributed by atoms with van der Waals surface area (Å²) in [6.45, 7) is 1.34. The molecular formula is C28H33F6N7O4. The van der Waals surface area contributed by atoms with Crippen molar-refractivity contribution in [1.82, 2.24) is 25.5 Å². The van der Waals surface area contributed by atoms with Crippen molar-refractivity contribution >= 4 is 29.5 Å². The van der Waals surface area contributed by atoms with Crippen LogP contribution in [-0.2, 0) is 28.4 Å². The highest BCUT2D eigenvalue weighted by atomic mass is 19.4. The first-order valence-corrected chi connectivity index (χ1v) is 14.4. The Morgan fingerprint density at radius 2 is 1.49 bits per heavy atom. The minimum absolute atomic E-state index is 0.0171. The zero-order chi connectivity index (χ0) is 32.8. The number of nitrogens with zero attached hydrogens (tertiary/aromatic N) is 5. The highest BCUT2D eigenvalue weighted by molar-refractivity contribution is 5.79. The molecule has 0 radical (unpaired) electrons. The number of hydrogen-bond donors (Lipinski definition) is 3. The van der Waals surface area contributed by atoms with Crippen LogP contribution in [0.4, 0.5) is 42.8 Å². The monoisotopic (exact) mass is 645 g/mol. The molecule has 2 aromatic rings. The number of hydrogen-bond acceptors (Lipinski definition) is 7. The van der Waals surface area contributed by atoms with Crippen molar-refractivity contribution in [1.29, 1.82) is 0 Å². The second-order valence-electron chi connectivity index (χ2n) is 10.8. The van der Waals surface area contributed by atoms with Gasteiger partial charge in [-0.25, -0.2) is 14.8 Å². The Kier molecular flexibility index (Phi) is 10.6. The van der Waals surface area contributed by atoms with Crippen LogP contribution in [0, 0.1) is 5.92 Å². The predicted octanol–water partition coefficient (Wildman–Crippen LogP) is 3.40. The van der Waals surface area contributed by atoms with Gasteiger partial charge in [0, 0.05) is 58.4 Å². The first-order valence-electron chi connectivity index (χ1n) is 14.4. The number of carbonyl (C=O) groups excluding carboxylic acids is 2. The van der Waals surface area contributed by atoms with Crippen LogP contribution in [0.25, 0.3) is 0 Å². The Morgan fingerprint density at radius 3 is 2.09 bits per heavy atom. The van der Waals surface area contributed by atoms with E-state index in [1.54, 1.807) is 9.80 Å². The molecule has 3 amide bonds. The number of amides is 3. The third-order valence-electron chi connectivity index (χ3n) is 7.57. The lowest BCUT2D eigenvalue weighted by molar-refractivity contribution is -0.145. The summed E-state index contributed by atoms with van der Waals surface area (Å²) in [7, 11) is 0. The number of carboxylic acids is 1. The normalized spacial score (nSPS) is 17.6. The summed E-state index contributed by atoms with van der Waals surface area (Å²) >= 11 is 0. The smallest absolute Gasteiger partial charge is 0.451 e. The Labute approximate surface area is 254 Å². The van der Waals surface area contributed by atoms with Crippen LogP contribution in [0.5, 0.6) is 0 Å². The number of benzene rings is 1. The van der Waals surface area contributed by atoms with E-state index in [1.165, 1.54) is 23.1 Å². The van der Waals surface area contributed by atoms with Gasteiger partial charge < -0.3 is 30.4 Å². The lowest BCUT2D eigenvalue weighted by Crippen LogP contribution is -2.52. The molecule has 0 saturated carbocycles. The number of anilines is 2. The number of rotatable bonds is 9. The van der Waals surface area contributed by atoms with Gasteiger partial charge in [-0.2, -0.15) is 26.3 Å². The highest BCUT2D eigenvalue weighted by Crippen LogP contribution is 2.32. The number of halogens is 6. The third kappa shape index (κ3) is 9.34. The van der Waals surface area contributed by atoms with Crippen molar-refractivity contribution in [3.05, 3.63) is 47.3 Å². The minimum atomic E-state index is -4.83. The molecule has 45 heavy (non-hydrogen) atoms. The average Bonchev–Trinajstić information content (AvgIpc) is 3.00. The zero-order valence-corrected chi connectivity index (χ0v) is 24.1. The molecule has 2 aliphatic rings. The molecule has 1 aromatic carbocycles. The van der Waals surface area contributed by atoms with E-state index in [2.05, 4.69) is 20.6 Å². The van der Waals surface area contributed by atoms with E-state index in [1.807, 2.05) is 0 Å². The van der Waals surface area contributed by atoms with Crippen LogP contribution < -0.4 is 20.4 Å². The standard InChI is InChI=1S/C28H33F6N7O4/c29-27(30,31)20-5-3-18(4-6-20)7-9-35-24(44)19-2-1-11-41(17-19)22-16-21(37-25(38-22)28(32,33)34)39-12-14-40(15-13-39)26(45)36-10-8-23(42)43/h3-6,16,19H,1-2,7-15,17H2,(H,35,44)(H,36,45)(H,42,43). The summed E-state index contributed by atoms with van der Waals surface area (Å²) in [5.41, 5.74) is -0.153. The molecule has 2 aliphatic heterocycles. The van der Waals surface area contributed by atoms with Gasteiger partial charge in [-0.15, -0.1) is 0 Å². The number of alkyl halides is 6. The van der Waals surface area contributed by atoms with Crippen LogP contribution in [0.3, 0.4) is 0 Å². The number of piperidine rings is 1. The molecule has 3 heterocycles. The SMILES string of the molecule is O=C(O)CCNC(=O)N1CCN(c2cc(N3CCCC(C(=O)NCCc4ccc(C(F)(F)F)cc4)C3)nc(C(F)(F)F)n2)CC1. The van der Waals surface area contributed by atoms with Crippen molar-refractivity contribution in [3.8, 4) is 0 Å². The number of carbonyl (C=O) groups is 3. The maximum Gasteiger partial charge on any atom is 0.451 e. The largest absolute Gasteiger partial charge is 0.481 e.